The molecule has 22 heavy (non-hydrogen) atoms. The molecule has 0 aliphatic carbocycles. The molecule has 0 bridgehead atoms. The van der Waals surface area contributed by atoms with Gasteiger partial charge in [0.2, 0.25) is 0 Å². The molecule has 1 atom stereocenters. The Balaban J connectivity index is 1.98. The van der Waals surface area contributed by atoms with Crippen molar-refractivity contribution in [3.63, 3.8) is 0 Å². The minimum absolute atomic E-state index is 0.346. The SMILES string of the molecule is CC(c1ccccc1)c1ccccc1OCCCCN(C)C. The number of ether oxygens (including phenoxy) is 1. The fourth-order valence-corrected chi connectivity index (χ4v) is 2.60. The van der Waals surface area contributed by atoms with Crippen LogP contribution >= 0.6 is 0 Å². The Morgan fingerprint density at radius 3 is 2.32 bits per heavy atom. The largest absolute Gasteiger partial charge is 0.493 e. The van der Waals surface area contributed by atoms with Gasteiger partial charge in [-0.05, 0) is 45.1 Å². The molecule has 118 valence electrons. The smallest absolute Gasteiger partial charge is 0.123 e. The van der Waals surface area contributed by atoms with Gasteiger partial charge in [0, 0.05) is 11.5 Å². The Morgan fingerprint density at radius 1 is 0.909 bits per heavy atom. The molecule has 0 aromatic heterocycles. The molecule has 2 heteroatoms. The highest BCUT2D eigenvalue weighted by Crippen LogP contribution is 2.31. The molecule has 0 spiro atoms. The van der Waals surface area contributed by atoms with Gasteiger partial charge in [0.05, 0.1) is 6.61 Å². The summed E-state index contributed by atoms with van der Waals surface area (Å²) >= 11 is 0. The van der Waals surface area contributed by atoms with Crippen LogP contribution in [-0.2, 0) is 0 Å². The van der Waals surface area contributed by atoms with Crippen LogP contribution in [0.15, 0.2) is 54.6 Å². The van der Waals surface area contributed by atoms with Crippen molar-refractivity contribution in [1.82, 2.24) is 4.90 Å². The van der Waals surface area contributed by atoms with E-state index in [1.165, 1.54) is 17.5 Å². The fraction of sp³-hybridized carbons (Fsp3) is 0.400. The third-order valence-electron chi connectivity index (χ3n) is 3.94. The molecule has 0 aliphatic rings. The van der Waals surface area contributed by atoms with E-state index in [1.54, 1.807) is 0 Å². The lowest BCUT2D eigenvalue weighted by Crippen LogP contribution is -2.14. The van der Waals surface area contributed by atoms with Crippen LogP contribution in [0.1, 0.15) is 36.8 Å². The lowest BCUT2D eigenvalue weighted by molar-refractivity contribution is 0.290. The van der Waals surface area contributed by atoms with Gasteiger partial charge >= 0.3 is 0 Å². The maximum Gasteiger partial charge on any atom is 0.123 e. The van der Waals surface area contributed by atoms with Crippen LogP contribution in [-0.4, -0.2) is 32.1 Å². The summed E-state index contributed by atoms with van der Waals surface area (Å²) in [6.07, 6.45) is 2.26. The zero-order chi connectivity index (χ0) is 15.8. The average molecular weight is 297 g/mol. The van der Waals surface area contributed by atoms with Crippen molar-refractivity contribution in [2.45, 2.75) is 25.7 Å². The van der Waals surface area contributed by atoms with E-state index in [0.717, 1.165) is 25.3 Å². The standard InChI is InChI=1S/C20H27NO/c1-17(18-11-5-4-6-12-18)19-13-7-8-14-20(19)22-16-10-9-15-21(2)3/h4-8,11-14,17H,9-10,15-16H2,1-3H3. The molecule has 0 N–H and O–H groups in total. The second-order valence-corrected chi connectivity index (χ2v) is 6.03. The summed E-state index contributed by atoms with van der Waals surface area (Å²) in [4.78, 5) is 2.21. The lowest BCUT2D eigenvalue weighted by Gasteiger charge is -2.17. The van der Waals surface area contributed by atoms with E-state index in [4.69, 9.17) is 4.74 Å². The molecule has 0 heterocycles. The lowest BCUT2D eigenvalue weighted by atomic mass is 9.92. The van der Waals surface area contributed by atoms with Gasteiger partial charge in [-0.3, -0.25) is 0 Å². The summed E-state index contributed by atoms with van der Waals surface area (Å²) in [5.41, 5.74) is 2.59. The van der Waals surface area contributed by atoms with E-state index in [0.29, 0.717) is 5.92 Å². The van der Waals surface area contributed by atoms with Crippen molar-refractivity contribution in [2.75, 3.05) is 27.2 Å². The second-order valence-electron chi connectivity index (χ2n) is 6.03. The van der Waals surface area contributed by atoms with Crippen molar-refractivity contribution in [3.8, 4) is 5.75 Å². The quantitative estimate of drug-likeness (QED) is 0.662. The minimum atomic E-state index is 0.346. The first kappa shape index (κ1) is 16.6. The highest BCUT2D eigenvalue weighted by atomic mass is 16.5. The van der Waals surface area contributed by atoms with Crippen LogP contribution in [0.5, 0.6) is 5.75 Å². The van der Waals surface area contributed by atoms with Crippen molar-refractivity contribution < 1.29 is 4.74 Å². The second kappa shape index (κ2) is 8.60. The molecule has 2 aromatic carbocycles. The molecule has 0 radical (unpaired) electrons. The molecule has 0 saturated heterocycles. The monoisotopic (exact) mass is 297 g/mol. The summed E-state index contributed by atoms with van der Waals surface area (Å²) in [6, 6.07) is 19.0. The topological polar surface area (TPSA) is 12.5 Å². The van der Waals surface area contributed by atoms with Gasteiger partial charge in [-0.1, -0.05) is 55.5 Å². The number of rotatable bonds is 8. The Hall–Kier alpha value is -1.80. The van der Waals surface area contributed by atoms with Gasteiger partial charge in [-0.15, -0.1) is 0 Å². The molecule has 2 aromatic rings. The number of nitrogens with zero attached hydrogens (tertiary/aromatic N) is 1. The highest BCUT2D eigenvalue weighted by molar-refractivity contribution is 5.41. The molecule has 0 fully saturated rings. The summed E-state index contributed by atoms with van der Waals surface area (Å²) < 4.78 is 6.04. The normalized spacial score (nSPS) is 12.4. The summed E-state index contributed by atoms with van der Waals surface area (Å²) in [7, 11) is 4.22. The van der Waals surface area contributed by atoms with Crippen molar-refractivity contribution in [3.05, 3.63) is 65.7 Å². The molecular formula is C20H27NO. The van der Waals surface area contributed by atoms with Crippen molar-refractivity contribution in [1.29, 1.82) is 0 Å². The van der Waals surface area contributed by atoms with Crippen LogP contribution in [0.25, 0.3) is 0 Å². The summed E-state index contributed by atoms with van der Waals surface area (Å²) in [5.74, 6) is 1.36. The first-order valence-electron chi connectivity index (χ1n) is 8.10. The number of hydrogen-bond donors (Lipinski definition) is 0. The van der Waals surface area contributed by atoms with Gasteiger partial charge in [0.1, 0.15) is 5.75 Å². The van der Waals surface area contributed by atoms with Gasteiger partial charge in [0.25, 0.3) is 0 Å². The molecule has 2 rings (SSSR count). The van der Waals surface area contributed by atoms with E-state index < -0.39 is 0 Å². The Labute approximate surface area is 134 Å². The van der Waals surface area contributed by atoms with Crippen molar-refractivity contribution >= 4 is 0 Å². The van der Waals surface area contributed by atoms with E-state index in [-0.39, 0.29) is 0 Å². The maximum absolute atomic E-state index is 6.04. The number of para-hydroxylation sites is 1. The zero-order valence-electron chi connectivity index (χ0n) is 14.0. The van der Waals surface area contributed by atoms with Crippen LogP contribution in [0.2, 0.25) is 0 Å². The first-order chi connectivity index (χ1) is 10.7. The summed E-state index contributed by atoms with van der Waals surface area (Å²) in [5, 5.41) is 0. The molecule has 2 nitrogen and oxygen atoms in total. The van der Waals surface area contributed by atoms with Gasteiger partial charge in [-0.25, -0.2) is 0 Å². The fourth-order valence-electron chi connectivity index (χ4n) is 2.60. The Kier molecular flexibility index (Phi) is 6.47. The predicted octanol–water partition coefficient (Wildman–Crippen LogP) is 4.56. The van der Waals surface area contributed by atoms with E-state index in [2.05, 4.69) is 80.5 Å². The molecule has 0 amide bonds. The van der Waals surface area contributed by atoms with Crippen LogP contribution < -0.4 is 4.74 Å². The third-order valence-corrected chi connectivity index (χ3v) is 3.94. The van der Waals surface area contributed by atoms with Gasteiger partial charge < -0.3 is 9.64 Å². The van der Waals surface area contributed by atoms with E-state index in [1.807, 2.05) is 0 Å². The van der Waals surface area contributed by atoms with E-state index >= 15 is 0 Å². The predicted molar refractivity (Wildman–Crippen MR) is 93.7 cm³/mol. The summed E-state index contributed by atoms with van der Waals surface area (Å²) in [6.45, 7) is 4.14. The third kappa shape index (κ3) is 4.88. The highest BCUT2D eigenvalue weighted by Gasteiger charge is 2.12. The molecule has 1 unspecified atom stereocenters. The van der Waals surface area contributed by atoms with Gasteiger partial charge in [0.15, 0.2) is 0 Å². The van der Waals surface area contributed by atoms with Crippen LogP contribution in [0.4, 0.5) is 0 Å². The Bertz CT molecular complexity index is 551. The van der Waals surface area contributed by atoms with Crippen LogP contribution in [0, 0.1) is 0 Å². The van der Waals surface area contributed by atoms with Crippen LogP contribution in [0.3, 0.4) is 0 Å². The maximum atomic E-state index is 6.04. The molecule has 0 aliphatic heterocycles. The first-order valence-corrected chi connectivity index (χ1v) is 8.10. The number of hydrogen-bond acceptors (Lipinski definition) is 2. The molecule has 0 saturated carbocycles. The van der Waals surface area contributed by atoms with E-state index in [9.17, 15) is 0 Å². The van der Waals surface area contributed by atoms with Crippen molar-refractivity contribution in [2.24, 2.45) is 0 Å². The average Bonchev–Trinajstić information content (AvgIpc) is 2.55. The Morgan fingerprint density at radius 2 is 1.59 bits per heavy atom. The zero-order valence-corrected chi connectivity index (χ0v) is 14.0. The number of benzene rings is 2. The minimum Gasteiger partial charge on any atom is -0.493 e. The number of unbranched alkanes of at least 4 members (excludes halogenated alkanes) is 1. The van der Waals surface area contributed by atoms with Gasteiger partial charge in [-0.2, -0.15) is 0 Å². The molecular weight excluding hydrogens is 270 g/mol.